The molecule has 0 aliphatic heterocycles. The summed E-state index contributed by atoms with van der Waals surface area (Å²) in [6.45, 7) is 0.531. The van der Waals surface area contributed by atoms with Crippen LogP contribution in [-0.2, 0) is 6.54 Å². The molecule has 0 atom stereocenters. The van der Waals surface area contributed by atoms with Crippen LogP contribution in [0.25, 0.3) is 10.9 Å². The number of thiophene rings is 1. The number of aromatic nitrogens is 2. The number of hydrogen-bond acceptors (Lipinski definition) is 4. The van der Waals surface area contributed by atoms with Crippen molar-refractivity contribution >= 4 is 22.2 Å². The van der Waals surface area contributed by atoms with Gasteiger partial charge in [0.1, 0.15) is 11.1 Å². The highest BCUT2D eigenvalue weighted by Gasteiger charge is 2.09. The molecule has 0 aliphatic carbocycles. The second kappa shape index (κ2) is 4.85. The summed E-state index contributed by atoms with van der Waals surface area (Å²) >= 11 is 1.62. The highest BCUT2D eigenvalue weighted by molar-refractivity contribution is 7.07. The van der Waals surface area contributed by atoms with Crippen LogP contribution in [0, 0.1) is 0 Å². The minimum absolute atomic E-state index is 0.0753. The first-order valence-electron chi connectivity index (χ1n) is 5.83. The van der Waals surface area contributed by atoms with Crippen LogP contribution in [0.15, 0.2) is 46.1 Å². The molecule has 0 spiro atoms. The number of ether oxygens (including phenoxy) is 1. The van der Waals surface area contributed by atoms with E-state index >= 15 is 0 Å². The van der Waals surface area contributed by atoms with Gasteiger partial charge in [0.15, 0.2) is 0 Å². The monoisotopic (exact) mass is 272 g/mol. The number of nitrogens with zero attached hydrogens (tertiary/aromatic N) is 2. The van der Waals surface area contributed by atoms with E-state index in [-0.39, 0.29) is 5.56 Å². The van der Waals surface area contributed by atoms with Gasteiger partial charge >= 0.3 is 0 Å². The zero-order valence-electron chi connectivity index (χ0n) is 10.4. The van der Waals surface area contributed by atoms with E-state index in [0.29, 0.717) is 23.2 Å². The Kier molecular flexibility index (Phi) is 3.05. The van der Waals surface area contributed by atoms with E-state index in [9.17, 15) is 4.79 Å². The van der Waals surface area contributed by atoms with Crippen LogP contribution < -0.4 is 10.3 Å². The Morgan fingerprint density at radius 1 is 1.37 bits per heavy atom. The highest BCUT2D eigenvalue weighted by atomic mass is 32.1. The summed E-state index contributed by atoms with van der Waals surface area (Å²) in [5.74, 6) is 0.565. The van der Waals surface area contributed by atoms with E-state index in [2.05, 4.69) is 4.98 Å². The fourth-order valence-electron chi connectivity index (χ4n) is 2.03. The lowest BCUT2D eigenvalue weighted by atomic mass is 10.2. The SMILES string of the molecule is COc1cccc2ncn(Cc3ccsc3)c(=O)c12. The van der Waals surface area contributed by atoms with Gasteiger partial charge in [0.25, 0.3) is 5.56 Å². The van der Waals surface area contributed by atoms with E-state index in [0.717, 1.165) is 5.56 Å². The van der Waals surface area contributed by atoms with Crippen molar-refractivity contribution in [2.75, 3.05) is 7.11 Å². The Morgan fingerprint density at radius 2 is 2.26 bits per heavy atom. The summed E-state index contributed by atoms with van der Waals surface area (Å²) in [5, 5.41) is 4.55. The van der Waals surface area contributed by atoms with Crippen molar-refractivity contribution in [3.63, 3.8) is 0 Å². The Hall–Kier alpha value is -2.14. The fourth-order valence-corrected chi connectivity index (χ4v) is 2.69. The smallest absolute Gasteiger partial charge is 0.265 e. The predicted octanol–water partition coefficient (Wildman–Crippen LogP) is 2.51. The second-order valence-electron chi connectivity index (χ2n) is 4.16. The summed E-state index contributed by atoms with van der Waals surface area (Å²) in [6, 6.07) is 7.43. The molecule has 0 saturated carbocycles. The molecule has 0 saturated heterocycles. The third-order valence-corrected chi connectivity index (χ3v) is 3.70. The lowest BCUT2D eigenvalue weighted by Crippen LogP contribution is -2.21. The molecule has 1 aromatic carbocycles. The topological polar surface area (TPSA) is 44.1 Å². The van der Waals surface area contributed by atoms with Gasteiger partial charge in [0.05, 0.1) is 25.5 Å². The molecule has 0 amide bonds. The van der Waals surface area contributed by atoms with Crippen molar-refractivity contribution < 1.29 is 4.74 Å². The van der Waals surface area contributed by atoms with Gasteiger partial charge in [-0.25, -0.2) is 4.98 Å². The van der Waals surface area contributed by atoms with Gasteiger partial charge < -0.3 is 4.74 Å². The van der Waals surface area contributed by atoms with Crippen LogP contribution in [0.3, 0.4) is 0 Å². The summed E-state index contributed by atoms with van der Waals surface area (Å²) < 4.78 is 6.85. The van der Waals surface area contributed by atoms with E-state index in [1.54, 1.807) is 35.4 Å². The van der Waals surface area contributed by atoms with E-state index in [1.807, 2.05) is 29.0 Å². The largest absolute Gasteiger partial charge is 0.496 e. The van der Waals surface area contributed by atoms with Crippen molar-refractivity contribution in [2.45, 2.75) is 6.54 Å². The normalized spacial score (nSPS) is 10.8. The zero-order chi connectivity index (χ0) is 13.2. The van der Waals surface area contributed by atoms with Gasteiger partial charge in [0.2, 0.25) is 0 Å². The molecule has 0 unspecified atom stereocenters. The first kappa shape index (κ1) is 11.9. The molecule has 5 heteroatoms. The quantitative estimate of drug-likeness (QED) is 0.736. The maximum absolute atomic E-state index is 12.5. The Bertz CT molecular complexity index is 763. The number of fused-ring (bicyclic) bond motifs is 1. The van der Waals surface area contributed by atoms with Crippen LogP contribution in [0.2, 0.25) is 0 Å². The average Bonchev–Trinajstić information content (AvgIpc) is 2.94. The van der Waals surface area contributed by atoms with Gasteiger partial charge in [-0.2, -0.15) is 11.3 Å². The van der Waals surface area contributed by atoms with Crippen LogP contribution in [0.1, 0.15) is 5.56 Å². The summed E-state index contributed by atoms with van der Waals surface area (Å²) in [4.78, 5) is 16.8. The molecule has 0 N–H and O–H groups in total. The molecule has 2 aromatic heterocycles. The molecule has 0 aliphatic rings. The minimum Gasteiger partial charge on any atom is -0.496 e. The average molecular weight is 272 g/mol. The summed E-state index contributed by atoms with van der Waals surface area (Å²) in [7, 11) is 1.56. The molecular formula is C14H12N2O2S. The first-order chi connectivity index (χ1) is 9.29. The second-order valence-corrected chi connectivity index (χ2v) is 4.94. The highest BCUT2D eigenvalue weighted by Crippen LogP contribution is 2.20. The van der Waals surface area contributed by atoms with Crippen molar-refractivity contribution in [2.24, 2.45) is 0 Å². The van der Waals surface area contributed by atoms with Crippen molar-refractivity contribution in [3.8, 4) is 5.75 Å². The number of rotatable bonds is 3. The Balaban J connectivity index is 2.17. The predicted molar refractivity (Wildman–Crippen MR) is 76.0 cm³/mol. The molecule has 3 rings (SSSR count). The maximum Gasteiger partial charge on any atom is 0.265 e. The van der Waals surface area contributed by atoms with Crippen LogP contribution >= 0.6 is 11.3 Å². The van der Waals surface area contributed by atoms with E-state index in [1.165, 1.54) is 0 Å². The Morgan fingerprint density at radius 3 is 3.00 bits per heavy atom. The van der Waals surface area contributed by atoms with Gasteiger partial charge in [-0.15, -0.1) is 0 Å². The summed E-state index contributed by atoms with van der Waals surface area (Å²) in [6.07, 6.45) is 1.59. The molecule has 4 nitrogen and oxygen atoms in total. The van der Waals surface area contributed by atoms with Gasteiger partial charge in [-0.3, -0.25) is 9.36 Å². The van der Waals surface area contributed by atoms with Gasteiger partial charge in [-0.05, 0) is 34.5 Å². The van der Waals surface area contributed by atoms with E-state index in [4.69, 9.17) is 4.74 Å². The Labute approximate surface area is 113 Å². The maximum atomic E-state index is 12.5. The minimum atomic E-state index is -0.0753. The zero-order valence-corrected chi connectivity index (χ0v) is 11.2. The third kappa shape index (κ3) is 2.13. The lowest BCUT2D eigenvalue weighted by molar-refractivity contribution is 0.419. The fraction of sp³-hybridized carbons (Fsp3) is 0.143. The van der Waals surface area contributed by atoms with Gasteiger partial charge in [0, 0.05) is 0 Å². The number of methoxy groups -OCH3 is 1. The van der Waals surface area contributed by atoms with Crippen molar-refractivity contribution in [3.05, 3.63) is 57.3 Å². The van der Waals surface area contributed by atoms with Gasteiger partial charge in [-0.1, -0.05) is 6.07 Å². The van der Waals surface area contributed by atoms with Crippen molar-refractivity contribution in [1.29, 1.82) is 0 Å². The third-order valence-electron chi connectivity index (χ3n) is 2.97. The van der Waals surface area contributed by atoms with Crippen LogP contribution in [0.5, 0.6) is 5.75 Å². The van der Waals surface area contributed by atoms with Crippen LogP contribution in [0.4, 0.5) is 0 Å². The molecule has 2 heterocycles. The molecule has 96 valence electrons. The van der Waals surface area contributed by atoms with E-state index < -0.39 is 0 Å². The molecule has 0 bridgehead atoms. The summed E-state index contributed by atoms with van der Waals surface area (Å²) in [5.41, 5.74) is 1.68. The standard InChI is InChI=1S/C14H12N2O2S/c1-18-12-4-2-3-11-13(12)14(17)16(9-15-11)7-10-5-6-19-8-10/h2-6,8-9H,7H2,1H3. The molecule has 0 radical (unpaired) electrons. The number of benzene rings is 1. The molecular weight excluding hydrogens is 260 g/mol. The molecule has 3 aromatic rings. The molecule has 19 heavy (non-hydrogen) atoms. The molecule has 0 fully saturated rings. The van der Waals surface area contributed by atoms with Crippen molar-refractivity contribution in [1.82, 2.24) is 9.55 Å². The van der Waals surface area contributed by atoms with Crippen LogP contribution in [-0.4, -0.2) is 16.7 Å². The first-order valence-corrected chi connectivity index (χ1v) is 6.77. The lowest BCUT2D eigenvalue weighted by Gasteiger charge is -2.08. The number of hydrogen-bond donors (Lipinski definition) is 0.